The van der Waals surface area contributed by atoms with Gasteiger partial charge in [0.2, 0.25) is 5.91 Å². The Morgan fingerprint density at radius 3 is 2.95 bits per heavy atom. The number of amides is 1. The standard InChI is InChI=1S/C17H25N3O/c1-3-12-5-4-9-20(10-8-12)13-6-7-14-15(11-13)19-17(21)16(14)18-2/h6-7,11-12,16,18H,3-5,8-10H2,1-2H3,(H,19,21). The third kappa shape index (κ3) is 2.77. The van der Waals surface area contributed by atoms with E-state index in [1.165, 1.54) is 31.4 Å². The van der Waals surface area contributed by atoms with Crippen LogP contribution in [0.3, 0.4) is 0 Å². The van der Waals surface area contributed by atoms with Gasteiger partial charge >= 0.3 is 0 Å². The molecule has 1 fully saturated rings. The minimum absolute atomic E-state index is 0.0477. The van der Waals surface area contributed by atoms with Gasteiger partial charge in [-0.1, -0.05) is 19.4 Å². The van der Waals surface area contributed by atoms with Gasteiger partial charge in [-0.25, -0.2) is 0 Å². The lowest BCUT2D eigenvalue weighted by Gasteiger charge is -2.23. The molecule has 3 rings (SSSR count). The van der Waals surface area contributed by atoms with Gasteiger partial charge in [-0.05, 0) is 44.4 Å². The monoisotopic (exact) mass is 287 g/mol. The van der Waals surface area contributed by atoms with E-state index in [1.807, 2.05) is 7.05 Å². The Kier molecular flexibility index (Phi) is 4.15. The van der Waals surface area contributed by atoms with Crippen LogP contribution in [0.2, 0.25) is 0 Å². The molecule has 0 bridgehead atoms. The number of benzene rings is 1. The predicted octanol–water partition coefficient (Wildman–Crippen LogP) is 2.92. The summed E-state index contributed by atoms with van der Waals surface area (Å²) >= 11 is 0. The van der Waals surface area contributed by atoms with E-state index in [0.717, 1.165) is 30.3 Å². The third-order valence-corrected chi connectivity index (χ3v) is 4.95. The van der Waals surface area contributed by atoms with Crippen LogP contribution in [-0.4, -0.2) is 26.0 Å². The average Bonchev–Trinajstić information content (AvgIpc) is 2.67. The summed E-state index contributed by atoms with van der Waals surface area (Å²) in [7, 11) is 1.83. The fraction of sp³-hybridized carbons (Fsp3) is 0.588. The molecule has 2 N–H and O–H groups in total. The van der Waals surface area contributed by atoms with Gasteiger partial charge in [0.05, 0.1) is 0 Å². The molecule has 0 radical (unpaired) electrons. The van der Waals surface area contributed by atoms with Crippen molar-refractivity contribution in [2.45, 2.75) is 38.6 Å². The van der Waals surface area contributed by atoms with Crippen molar-refractivity contribution in [2.75, 3.05) is 30.4 Å². The zero-order valence-electron chi connectivity index (χ0n) is 13.0. The number of likely N-dealkylation sites (N-methyl/N-ethyl adjacent to an activating group) is 1. The van der Waals surface area contributed by atoms with Crippen LogP contribution >= 0.6 is 0 Å². The highest BCUT2D eigenvalue weighted by Gasteiger charge is 2.29. The first kappa shape index (κ1) is 14.4. The largest absolute Gasteiger partial charge is 0.371 e. The van der Waals surface area contributed by atoms with E-state index in [9.17, 15) is 4.79 Å². The number of nitrogens with zero attached hydrogens (tertiary/aromatic N) is 1. The summed E-state index contributed by atoms with van der Waals surface area (Å²) in [5.41, 5.74) is 3.27. The molecule has 1 saturated heterocycles. The Bertz CT molecular complexity index is 529. The molecular weight excluding hydrogens is 262 g/mol. The van der Waals surface area contributed by atoms with Crippen LogP contribution in [0, 0.1) is 5.92 Å². The van der Waals surface area contributed by atoms with Crippen molar-refractivity contribution in [1.82, 2.24) is 5.32 Å². The lowest BCUT2D eigenvalue weighted by atomic mass is 9.98. The maximum absolute atomic E-state index is 11.9. The number of rotatable bonds is 3. The summed E-state index contributed by atoms with van der Waals surface area (Å²) in [6.45, 7) is 4.54. The van der Waals surface area contributed by atoms with Crippen molar-refractivity contribution in [3.63, 3.8) is 0 Å². The summed E-state index contributed by atoms with van der Waals surface area (Å²) in [5.74, 6) is 0.921. The Morgan fingerprint density at radius 1 is 1.33 bits per heavy atom. The second-order valence-electron chi connectivity index (χ2n) is 6.17. The summed E-state index contributed by atoms with van der Waals surface area (Å²) in [6, 6.07) is 6.18. The molecule has 0 spiro atoms. The molecule has 4 nitrogen and oxygen atoms in total. The number of nitrogens with one attached hydrogen (secondary N) is 2. The molecule has 2 heterocycles. The van der Waals surface area contributed by atoms with Crippen LogP contribution in [0.1, 0.15) is 44.2 Å². The van der Waals surface area contributed by atoms with E-state index in [-0.39, 0.29) is 11.9 Å². The van der Waals surface area contributed by atoms with E-state index >= 15 is 0 Å². The molecule has 4 heteroatoms. The van der Waals surface area contributed by atoms with Crippen molar-refractivity contribution in [2.24, 2.45) is 5.92 Å². The van der Waals surface area contributed by atoms with E-state index < -0.39 is 0 Å². The maximum atomic E-state index is 11.9. The molecule has 1 amide bonds. The summed E-state index contributed by atoms with van der Waals surface area (Å²) < 4.78 is 0. The zero-order chi connectivity index (χ0) is 14.8. The minimum atomic E-state index is -0.206. The summed E-state index contributed by atoms with van der Waals surface area (Å²) in [5, 5.41) is 6.05. The highest BCUT2D eigenvalue weighted by molar-refractivity contribution is 6.03. The first-order valence-electron chi connectivity index (χ1n) is 8.10. The Morgan fingerprint density at radius 2 is 2.19 bits per heavy atom. The second-order valence-corrected chi connectivity index (χ2v) is 6.17. The van der Waals surface area contributed by atoms with Crippen LogP contribution in [0.4, 0.5) is 11.4 Å². The molecule has 2 aliphatic rings. The van der Waals surface area contributed by atoms with E-state index in [4.69, 9.17) is 0 Å². The minimum Gasteiger partial charge on any atom is -0.371 e. The van der Waals surface area contributed by atoms with Gasteiger partial charge < -0.3 is 15.5 Å². The Hall–Kier alpha value is -1.55. The molecule has 0 aromatic heterocycles. The number of anilines is 2. The molecular formula is C17H25N3O. The molecule has 2 unspecified atom stereocenters. The van der Waals surface area contributed by atoms with Gasteiger partial charge in [-0.2, -0.15) is 0 Å². The van der Waals surface area contributed by atoms with Crippen molar-refractivity contribution in [3.8, 4) is 0 Å². The van der Waals surface area contributed by atoms with Crippen molar-refractivity contribution < 1.29 is 4.79 Å². The molecule has 0 aliphatic carbocycles. The van der Waals surface area contributed by atoms with Crippen LogP contribution in [0.5, 0.6) is 0 Å². The van der Waals surface area contributed by atoms with E-state index in [2.05, 4.69) is 40.7 Å². The van der Waals surface area contributed by atoms with Gasteiger partial charge in [-0.15, -0.1) is 0 Å². The van der Waals surface area contributed by atoms with Crippen LogP contribution in [0.15, 0.2) is 18.2 Å². The lowest BCUT2D eigenvalue weighted by Crippen LogP contribution is -2.24. The maximum Gasteiger partial charge on any atom is 0.246 e. The summed E-state index contributed by atoms with van der Waals surface area (Å²) in [6.07, 6.45) is 5.18. The van der Waals surface area contributed by atoms with Gasteiger partial charge in [0.25, 0.3) is 0 Å². The normalized spacial score (nSPS) is 25.4. The average molecular weight is 287 g/mol. The number of carbonyl (C=O) groups excluding carboxylic acids is 1. The Labute approximate surface area is 126 Å². The van der Waals surface area contributed by atoms with E-state index in [1.54, 1.807) is 0 Å². The zero-order valence-corrected chi connectivity index (χ0v) is 13.0. The van der Waals surface area contributed by atoms with Gasteiger partial charge in [0.15, 0.2) is 0 Å². The van der Waals surface area contributed by atoms with Gasteiger partial charge in [0.1, 0.15) is 6.04 Å². The number of hydrogen-bond donors (Lipinski definition) is 2. The Balaban J connectivity index is 1.79. The van der Waals surface area contributed by atoms with Crippen molar-refractivity contribution in [1.29, 1.82) is 0 Å². The quantitative estimate of drug-likeness (QED) is 0.898. The summed E-state index contributed by atoms with van der Waals surface area (Å²) in [4.78, 5) is 14.4. The first-order valence-corrected chi connectivity index (χ1v) is 8.10. The molecule has 2 aliphatic heterocycles. The SMILES string of the molecule is CCC1CCCN(c2ccc3c(c2)NC(=O)C3NC)CC1. The third-order valence-electron chi connectivity index (χ3n) is 4.95. The number of fused-ring (bicyclic) bond motifs is 1. The molecule has 0 saturated carbocycles. The molecule has 114 valence electrons. The first-order chi connectivity index (χ1) is 10.2. The lowest BCUT2D eigenvalue weighted by molar-refractivity contribution is -0.117. The fourth-order valence-electron chi connectivity index (χ4n) is 3.57. The molecule has 1 aromatic rings. The smallest absolute Gasteiger partial charge is 0.246 e. The molecule has 21 heavy (non-hydrogen) atoms. The highest BCUT2D eigenvalue weighted by atomic mass is 16.2. The molecule has 2 atom stereocenters. The van der Waals surface area contributed by atoms with Crippen LogP contribution in [-0.2, 0) is 4.79 Å². The van der Waals surface area contributed by atoms with Crippen LogP contribution in [0.25, 0.3) is 0 Å². The van der Waals surface area contributed by atoms with Crippen LogP contribution < -0.4 is 15.5 Å². The fourth-order valence-corrected chi connectivity index (χ4v) is 3.57. The van der Waals surface area contributed by atoms with E-state index in [0.29, 0.717) is 0 Å². The predicted molar refractivity (Wildman–Crippen MR) is 86.7 cm³/mol. The van der Waals surface area contributed by atoms with Crippen molar-refractivity contribution >= 4 is 17.3 Å². The highest BCUT2D eigenvalue weighted by Crippen LogP contribution is 2.34. The number of hydrogen-bond acceptors (Lipinski definition) is 3. The van der Waals surface area contributed by atoms with Gasteiger partial charge in [-0.3, -0.25) is 4.79 Å². The second kappa shape index (κ2) is 6.06. The van der Waals surface area contributed by atoms with Crippen molar-refractivity contribution in [3.05, 3.63) is 23.8 Å². The molecule has 1 aromatic carbocycles. The number of carbonyl (C=O) groups is 1. The topological polar surface area (TPSA) is 44.4 Å². The van der Waals surface area contributed by atoms with Gasteiger partial charge in [0, 0.05) is 30.0 Å².